The lowest BCUT2D eigenvalue weighted by Gasteiger charge is -2.58. The van der Waals surface area contributed by atoms with Crippen molar-refractivity contribution in [3.63, 3.8) is 0 Å². The van der Waals surface area contributed by atoms with Crippen LogP contribution in [-0.2, 0) is 9.59 Å². The predicted octanol–water partition coefficient (Wildman–Crippen LogP) is 1.92. The number of halogens is 2. The smallest absolute Gasteiger partial charge is 0.275 e. The van der Waals surface area contributed by atoms with Gasteiger partial charge in [0.25, 0.3) is 5.92 Å². The molecular weight excluding hydrogens is 472 g/mol. The van der Waals surface area contributed by atoms with Crippen molar-refractivity contribution in [2.45, 2.75) is 50.1 Å². The second-order valence-corrected chi connectivity index (χ2v) is 10.6. The standard InChI is InChI=1S/C24H33F2N7O3/c1-31(30-36)19-12-16(2-3-17(19)28-18-4-5-21(34)29-22(18)35)32-10-7-23(8-11-32)14-33(15-23)20-6-9-27-13-24(20,25)26/h2-3,12,18,20,27-28H,4-11,13-15H2,1H3,(H,29,34,35). The maximum Gasteiger partial charge on any atom is 0.275 e. The first-order chi connectivity index (χ1) is 17.2. The molecule has 3 N–H and O–H groups in total. The molecule has 5 rings (SSSR count). The van der Waals surface area contributed by atoms with E-state index in [1.54, 1.807) is 7.05 Å². The molecule has 10 nitrogen and oxygen atoms in total. The summed E-state index contributed by atoms with van der Waals surface area (Å²) in [6.07, 6.45) is 2.95. The monoisotopic (exact) mass is 505 g/mol. The van der Waals surface area contributed by atoms with Crippen LogP contribution in [0.15, 0.2) is 23.5 Å². The van der Waals surface area contributed by atoms with Crippen LogP contribution in [0.4, 0.5) is 25.8 Å². The number of imide groups is 1. The number of nitroso groups, excluding NO2 is 1. The second kappa shape index (κ2) is 9.55. The van der Waals surface area contributed by atoms with Crippen LogP contribution < -0.4 is 25.9 Å². The molecule has 1 aromatic carbocycles. The fourth-order valence-electron chi connectivity index (χ4n) is 6.03. The number of nitrogens with one attached hydrogen (secondary N) is 3. The minimum Gasteiger partial charge on any atom is -0.372 e. The van der Waals surface area contributed by atoms with Crippen molar-refractivity contribution >= 4 is 28.9 Å². The summed E-state index contributed by atoms with van der Waals surface area (Å²) in [5, 5.41) is 12.5. The molecule has 2 atom stereocenters. The van der Waals surface area contributed by atoms with Gasteiger partial charge in [-0.15, -0.1) is 4.91 Å². The van der Waals surface area contributed by atoms with Gasteiger partial charge in [-0.05, 0) is 55.8 Å². The molecule has 0 bridgehead atoms. The number of carbonyl (C=O) groups excluding carboxylic acids is 2. The van der Waals surface area contributed by atoms with Crippen molar-refractivity contribution in [1.82, 2.24) is 15.5 Å². The number of anilines is 3. The zero-order chi connectivity index (χ0) is 25.5. The van der Waals surface area contributed by atoms with E-state index in [9.17, 15) is 23.3 Å². The van der Waals surface area contributed by atoms with Crippen molar-refractivity contribution in [2.75, 3.05) is 61.5 Å². The lowest BCUT2D eigenvalue weighted by Crippen LogP contribution is -2.68. The molecule has 4 fully saturated rings. The van der Waals surface area contributed by atoms with Crippen LogP contribution in [-0.4, -0.2) is 81.0 Å². The summed E-state index contributed by atoms with van der Waals surface area (Å²) in [7, 11) is 1.55. The molecule has 0 radical (unpaired) electrons. The Bertz CT molecular complexity index is 1020. The molecule has 0 aromatic heterocycles. The fourth-order valence-corrected chi connectivity index (χ4v) is 6.03. The first-order valence-electron chi connectivity index (χ1n) is 12.6. The maximum absolute atomic E-state index is 14.3. The number of hydrogen-bond donors (Lipinski definition) is 3. The van der Waals surface area contributed by atoms with E-state index in [4.69, 9.17) is 0 Å². The van der Waals surface area contributed by atoms with Crippen molar-refractivity contribution in [3.05, 3.63) is 23.1 Å². The first kappa shape index (κ1) is 24.8. The van der Waals surface area contributed by atoms with Gasteiger partial charge in [0.1, 0.15) is 6.04 Å². The fraction of sp³-hybridized carbons (Fsp3) is 0.667. The van der Waals surface area contributed by atoms with Gasteiger partial charge >= 0.3 is 0 Å². The number of amides is 2. The van der Waals surface area contributed by atoms with E-state index in [2.05, 4.69) is 26.1 Å². The largest absolute Gasteiger partial charge is 0.372 e. The summed E-state index contributed by atoms with van der Waals surface area (Å²) >= 11 is 0. The quantitative estimate of drug-likeness (QED) is 0.306. The van der Waals surface area contributed by atoms with E-state index in [0.717, 1.165) is 44.7 Å². The lowest BCUT2D eigenvalue weighted by atomic mass is 9.70. The molecule has 4 aliphatic heterocycles. The zero-order valence-electron chi connectivity index (χ0n) is 20.4. The van der Waals surface area contributed by atoms with E-state index < -0.39 is 18.0 Å². The van der Waals surface area contributed by atoms with Gasteiger partial charge in [0.2, 0.25) is 11.8 Å². The van der Waals surface area contributed by atoms with E-state index >= 15 is 0 Å². The molecule has 1 spiro atoms. The highest BCUT2D eigenvalue weighted by Gasteiger charge is 2.53. The van der Waals surface area contributed by atoms with Crippen molar-refractivity contribution in [2.24, 2.45) is 10.7 Å². The van der Waals surface area contributed by atoms with E-state index in [-0.39, 0.29) is 30.2 Å². The maximum atomic E-state index is 14.3. The normalized spacial score (nSPS) is 27.8. The van der Waals surface area contributed by atoms with Crippen molar-refractivity contribution < 1.29 is 18.4 Å². The third-order valence-corrected chi connectivity index (χ3v) is 8.17. The highest BCUT2D eigenvalue weighted by atomic mass is 19.3. The SMILES string of the molecule is CN(N=O)c1cc(N2CCC3(CC2)CN(C2CCNCC2(F)F)C3)ccc1NC1CCC(=O)NC1=O. The minimum absolute atomic E-state index is 0.0920. The van der Waals surface area contributed by atoms with E-state index in [1.807, 2.05) is 23.1 Å². The van der Waals surface area contributed by atoms with Crippen LogP contribution in [0, 0.1) is 10.3 Å². The summed E-state index contributed by atoms with van der Waals surface area (Å²) in [6, 6.07) is 4.40. The Kier molecular flexibility index (Phi) is 6.58. The topological polar surface area (TPSA) is 109 Å². The third-order valence-electron chi connectivity index (χ3n) is 8.17. The number of alkyl halides is 2. The highest BCUT2D eigenvalue weighted by Crippen LogP contribution is 2.45. The van der Waals surface area contributed by atoms with Gasteiger partial charge in [-0.25, -0.2) is 13.8 Å². The first-order valence-corrected chi connectivity index (χ1v) is 12.6. The Balaban J connectivity index is 1.23. The zero-order valence-corrected chi connectivity index (χ0v) is 20.4. The molecule has 2 amide bonds. The number of rotatable bonds is 6. The van der Waals surface area contributed by atoms with Crippen molar-refractivity contribution in [3.8, 4) is 0 Å². The number of carbonyl (C=O) groups is 2. The summed E-state index contributed by atoms with van der Waals surface area (Å²) in [5.41, 5.74) is 2.15. The summed E-state index contributed by atoms with van der Waals surface area (Å²) in [4.78, 5) is 39.2. The number of piperidine rings is 3. The molecule has 12 heteroatoms. The van der Waals surface area contributed by atoms with Crippen molar-refractivity contribution in [1.29, 1.82) is 0 Å². The van der Waals surface area contributed by atoms with Gasteiger partial charge in [0.15, 0.2) is 0 Å². The van der Waals surface area contributed by atoms with Gasteiger partial charge in [0.05, 0.1) is 29.2 Å². The number of benzene rings is 1. The van der Waals surface area contributed by atoms with Crippen LogP contribution in [0.3, 0.4) is 0 Å². The van der Waals surface area contributed by atoms with Gasteiger partial charge in [-0.2, -0.15) is 0 Å². The molecule has 4 saturated heterocycles. The molecule has 36 heavy (non-hydrogen) atoms. The van der Waals surface area contributed by atoms with Crippen LogP contribution in [0.5, 0.6) is 0 Å². The summed E-state index contributed by atoms with van der Waals surface area (Å²) in [6.45, 7) is 3.44. The predicted molar refractivity (Wildman–Crippen MR) is 132 cm³/mol. The minimum atomic E-state index is -2.68. The second-order valence-electron chi connectivity index (χ2n) is 10.6. The molecule has 2 unspecified atom stereocenters. The average molecular weight is 506 g/mol. The summed E-state index contributed by atoms with van der Waals surface area (Å²) < 4.78 is 28.7. The number of likely N-dealkylation sites (tertiary alicyclic amines) is 1. The number of nitrogens with zero attached hydrogens (tertiary/aromatic N) is 4. The third kappa shape index (κ3) is 4.75. The molecule has 1 aromatic rings. The van der Waals surface area contributed by atoms with Crippen LogP contribution in [0.25, 0.3) is 0 Å². The van der Waals surface area contributed by atoms with Crippen LogP contribution in [0.2, 0.25) is 0 Å². The van der Waals surface area contributed by atoms with Gasteiger partial charge in [-0.3, -0.25) is 19.8 Å². The Morgan fingerprint density at radius 1 is 1.17 bits per heavy atom. The molecule has 196 valence electrons. The summed E-state index contributed by atoms with van der Waals surface area (Å²) in [5.74, 6) is -3.36. The molecule has 4 aliphatic rings. The van der Waals surface area contributed by atoms with E-state index in [1.165, 1.54) is 5.01 Å². The Labute approximate surface area is 208 Å². The van der Waals surface area contributed by atoms with E-state index in [0.29, 0.717) is 30.8 Å². The average Bonchev–Trinajstić information content (AvgIpc) is 2.84. The molecule has 0 saturated carbocycles. The highest BCUT2D eigenvalue weighted by molar-refractivity contribution is 6.01. The molecule has 4 heterocycles. The van der Waals surface area contributed by atoms with Crippen LogP contribution >= 0.6 is 0 Å². The number of hydrogen-bond acceptors (Lipinski definition) is 8. The Hall–Kier alpha value is -2.86. The lowest BCUT2D eigenvalue weighted by molar-refractivity contribution is -0.150. The molecule has 0 aliphatic carbocycles. The molecular formula is C24H33F2N7O3. The Morgan fingerprint density at radius 2 is 1.92 bits per heavy atom. The Morgan fingerprint density at radius 3 is 2.58 bits per heavy atom. The van der Waals surface area contributed by atoms with Gasteiger partial charge in [0, 0.05) is 45.3 Å². The van der Waals surface area contributed by atoms with Gasteiger partial charge in [-0.1, -0.05) is 0 Å². The van der Waals surface area contributed by atoms with Gasteiger partial charge < -0.3 is 15.5 Å². The van der Waals surface area contributed by atoms with Crippen LogP contribution in [0.1, 0.15) is 32.1 Å².